The number of aliphatic hydroxyl groups is 2. The summed E-state index contributed by atoms with van der Waals surface area (Å²) in [7, 11) is 0. The summed E-state index contributed by atoms with van der Waals surface area (Å²) in [6.45, 7) is 6.97. The Morgan fingerprint density at radius 3 is 2.48 bits per heavy atom. The van der Waals surface area contributed by atoms with Crippen molar-refractivity contribution in [3.05, 3.63) is 11.6 Å². The van der Waals surface area contributed by atoms with Crippen molar-refractivity contribution < 1.29 is 10.2 Å². The Morgan fingerprint density at radius 1 is 1.04 bits per heavy atom. The van der Waals surface area contributed by atoms with E-state index in [1.165, 1.54) is 38.5 Å². The van der Waals surface area contributed by atoms with E-state index in [-0.39, 0.29) is 12.2 Å². The minimum absolute atomic E-state index is 0.0667. The summed E-state index contributed by atoms with van der Waals surface area (Å²) in [5.74, 6) is 2.59. The SMILES string of the molecule is C[C@H](O)C1CCC2C3=CC[C@@H]4C[C@H](O)CCC4(C)C3CCC21C. The van der Waals surface area contributed by atoms with Gasteiger partial charge in [-0.1, -0.05) is 25.5 Å². The molecule has 3 fully saturated rings. The minimum atomic E-state index is -0.168. The van der Waals surface area contributed by atoms with Crippen LogP contribution in [0.3, 0.4) is 0 Å². The molecule has 0 aromatic carbocycles. The molecule has 0 spiro atoms. The second kappa shape index (κ2) is 5.33. The van der Waals surface area contributed by atoms with E-state index >= 15 is 0 Å². The number of allylic oxidation sites excluding steroid dienone is 2. The van der Waals surface area contributed by atoms with Gasteiger partial charge < -0.3 is 10.2 Å². The largest absolute Gasteiger partial charge is 0.393 e. The number of aliphatic hydroxyl groups excluding tert-OH is 2. The molecule has 23 heavy (non-hydrogen) atoms. The third-order valence-corrected chi connectivity index (χ3v) is 8.71. The van der Waals surface area contributed by atoms with Gasteiger partial charge in [0, 0.05) is 0 Å². The summed E-state index contributed by atoms with van der Waals surface area (Å²) in [5, 5.41) is 20.4. The highest BCUT2D eigenvalue weighted by Crippen LogP contribution is 2.66. The molecule has 0 heterocycles. The quantitative estimate of drug-likeness (QED) is 0.707. The van der Waals surface area contributed by atoms with E-state index in [0.29, 0.717) is 28.6 Å². The van der Waals surface area contributed by atoms with Gasteiger partial charge in [-0.2, -0.15) is 0 Å². The molecule has 4 rings (SSSR count). The van der Waals surface area contributed by atoms with Gasteiger partial charge in [0.2, 0.25) is 0 Å². The Balaban J connectivity index is 1.66. The summed E-state index contributed by atoms with van der Waals surface area (Å²) in [4.78, 5) is 0. The third kappa shape index (κ3) is 2.20. The van der Waals surface area contributed by atoms with Gasteiger partial charge in [0.25, 0.3) is 0 Å². The normalized spacial score (nSPS) is 53.8. The maximum absolute atomic E-state index is 10.3. The molecule has 0 radical (unpaired) electrons. The molecule has 0 saturated heterocycles. The molecular weight excluding hydrogens is 284 g/mol. The molecule has 0 aromatic heterocycles. The molecule has 4 aliphatic carbocycles. The van der Waals surface area contributed by atoms with Crippen LogP contribution < -0.4 is 0 Å². The molecule has 2 nitrogen and oxygen atoms in total. The van der Waals surface area contributed by atoms with Crippen molar-refractivity contribution >= 4 is 0 Å². The van der Waals surface area contributed by atoms with Gasteiger partial charge >= 0.3 is 0 Å². The maximum atomic E-state index is 10.3. The summed E-state index contributed by atoms with van der Waals surface area (Å²) >= 11 is 0. The van der Waals surface area contributed by atoms with E-state index in [9.17, 15) is 10.2 Å². The van der Waals surface area contributed by atoms with Gasteiger partial charge in [0.15, 0.2) is 0 Å². The van der Waals surface area contributed by atoms with Gasteiger partial charge in [-0.25, -0.2) is 0 Å². The van der Waals surface area contributed by atoms with Crippen molar-refractivity contribution in [1.29, 1.82) is 0 Å². The fraction of sp³-hybridized carbons (Fsp3) is 0.905. The van der Waals surface area contributed by atoms with Crippen molar-refractivity contribution in [3.8, 4) is 0 Å². The van der Waals surface area contributed by atoms with Crippen molar-refractivity contribution in [2.24, 2.45) is 34.5 Å². The third-order valence-electron chi connectivity index (χ3n) is 8.71. The van der Waals surface area contributed by atoms with Crippen molar-refractivity contribution in [3.63, 3.8) is 0 Å². The number of hydrogen-bond acceptors (Lipinski definition) is 2. The average molecular weight is 319 g/mol. The van der Waals surface area contributed by atoms with E-state index in [4.69, 9.17) is 0 Å². The Kier molecular flexibility index (Phi) is 3.74. The maximum Gasteiger partial charge on any atom is 0.0545 e. The van der Waals surface area contributed by atoms with Crippen LogP contribution >= 0.6 is 0 Å². The number of fused-ring (bicyclic) bond motifs is 5. The molecule has 0 amide bonds. The lowest BCUT2D eigenvalue weighted by Gasteiger charge is -2.57. The van der Waals surface area contributed by atoms with Gasteiger partial charge in [-0.05, 0) is 92.8 Å². The second-order valence-corrected chi connectivity index (χ2v) is 9.64. The van der Waals surface area contributed by atoms with Crippen LogP contribution in [0.2, 0.25) is 0 Å². The monoisotopic (exact) mass is 318 g/mol. The zero-order chi connectivity index (χ0) is 16.4. The van der Waals surface area contributed by atoms with Crippen LogP contribution in [0, 0.1) is 34.5 Å². The van der Waals surface area contributed by atoms with Crippen LogP contribution in [0.1, 0.15) is 72.1 Å². The van der Waals surface area contributed by atoms with E-state index in [0.717, 1.165) is 18.8 Å². The predicted octanol–water partition coefficient (Wildman–Crippen LogP) is 4.31. The molecule has 130 valence electrons. The summed E-state index contributed by atoms with van der Waals surface area (Å²) in [6, 6.07) is 0. The zero-order valence-corrected chi connectivity index (χ0v) is 15.1. The lowest BCUT2D eigenvalue weighted by atomic mass is 9.48. The topological polar surface area (TPSA) is 40.5 Å². The Morgan fingerprint density at radius 2 is 1.74 bits per heavy atom. The minimum Gasteiger partial charge on any atom is -0.393 e. The zero-order valence-electron chi connectivity index (χ0n) is 15.1. The van der Waals surface area contributed by atoms with Gasteiger partial charge in [-0.3, -0.25) is 0 Å². The number of rotatable bonds is 1. The van der Waals surface area contributed by atoms with Gasteiger partial charge in [-0.15, -0.1) is 0 Å². The fourth-order valence-corrected chi connectivity index (χ4v) is 7.32. The summed E-state index contributed by atoms with van der Waals surface area (Å²) < 4.78 is 0. The predicted molar refractivity (Wildman–Crippen MR) is 92.9 cm³/mol. The first kappa shape index (κ1) is 16.1. The Labute approximate surface area is 141 Å². The average Bonchev–Trinajstić information content (AvgIpc) is 2.85. The Hall–Kier alpha value is -0.340. The van der Waals surface area contributed by atoms with Crippen LogP contribution in [0.4, 0.5) is 0 Å². The highest BCUT2D eigenvalue weighted by molar-refractivity contribution is 5.27. The van der Waals surface area contributed by atoms with Crippen molar-refractivity contribution in [2.45, 2.75) is 84.3 Å². The smallest absolute Gasteiger partial charge is 0.0545 e. The van der Waals surface area contributed by atoms with E-state index in [1.807, 2.05) is 6.92 Å². The van der Waals surface area contributed by atoms with Gasteiger partial charge in [0.1, 0.15) is 0 Å². The fourth-order valence-electron chi connectivity index (χ4n) is 7.32. The van der Waals surface area contributed by atoms with Crippen LogP contribution in [0.15, 0.2) is 11.6 Å². The van der Waals surface area contributed by atoms with E-state index < -0.39 is 0 Å². The first-order chi connectivity index (χ1) is 10.9. The summed E-state index contributed by atoms with van der Waals surface area (Å²) in [5.41, 5.74) is 2.47. The molecule has 8 atom stereocenters. The molecule has 3 saturated carbocycles. The molecular formula is C21H34O2. The van der Waals surface area contributed by atoms with Crippen LogP contribution in [0.25, 0.3) is 0 Å². The number of hydrogen-bond donors (Lipinski definition) is 2. The van der Waals surface area contributed by atoms with E-state index in [1.54, 1.807) is 5.57 Å². The van der Waals surface area contributed by atoms with E-state index in [2.05, 4.69) is 19.9 Å². The van der Waals surface area contributed by atoms with Crippen LogP contribution in [-0.4, -0.2) is 22.4 Å². The lowest BCUT2D eigenvalue weighted by molar-refractivity contribution is -0.0480. The van der Waals surface area contributed by atoms with Crippen molar-refractivity contribution in [1.82, 2.24) is 0 Å². The second-order valence-electron chi connectivity index (χ2n) is 9.64. The molecule has 2 N–H and O–H groups in total. The molecule has 0 bridgehead atoms. The molecule has 4 aliphatic rings. The van der Waals surface area contributed by atoms with Crippen LogP contribution in [-0.2, 0) is 0 Å². The molecule has 0 aliphatic heterocycles. The first-order valence-corrected chi connectivity index (χ1v) is 9.92. The molecule has 5 unspecified atom stereocenters. The highest BCUT2D eigenvalue weighted by Gasteiger charge is 2.58. The lowest BCUT2D eigenvalue weighted by Crippen LogP contribution is -2.50. The highest BCUT2D eigenvalue weighted by atomic mass is 16.3. The summed E-state index contributed by atoms with van der Waals surface area (Å²) in [6.07, 6.45) is 11.8. The first-order valence-electron chi connectivity index (χ1n) is 9.92. The Bertz CT molecular complexity index is 510. The van der Waals surface area contributed by atoms with Crippen LogP contribution in [0.5, 0.6) is 0 Å². The molecule has 0 aromatic rings. The molecule has 2 heteroatoms. The standard InChI is InChI=1S/C21H34O2/c1-13(22)17-6-7-18-16-5-4-14-12-15(23)8-10-20(14,2)19(16)9-11-21(17,18)3/h5,13-15,17-19,22-23H,4,6-12H2,1-3H3/t13-,14+,15+,17?,18?,19?,20?,21?/m0/s1. The van der Waals surface area contributed by atoms with Gasteiger partial charge in [0.05, 0.1) is 12.2 Å². The van der Waals surface area contributed by atoms with Crippen molar-refractivity contribution in [2.75, 3.05) is 0 Å².